The van der Waals surface area contributed by atoms with Gasteiger partial charge in [0.1, 0.15) is 5.75 Å². The SMILES string of the molecule is Cc1ccc(CNC(=O)c2cc(CN(C(=O)COc3ccccc3)C3CCCC3)on2)cc1. The van der Waals surface area contributed by atoms with Gasteiger partial charge in [0.2, 0.25) is 0 Å². The van der Waals surface area contributed by atoms with Crippen molar-refractivity contribution < 1.29 is 18.8 Å². The molecule has 1 fully saturated rings. The van der Waals surface area contributed by atoms with Gasteiger partial charge in [-0.3, -0.25) is 9.59 Å². The second-order valence-corrected chi connectivity index (χ2v) is 8.41. The van der Waals surface area contributed by atoms with Crippen molar-refractivity contribution >= 4 is 11.8 Å². The molecule has 0 spiro atoms. The summed E-state index contributed by atoms with van der Waals surface area (Å²) < 4.78 is 11.1. The van der Waals surface area contributed by atoms with Crippen LogP contribution in [0.3, 0.4) is 0 Å². The minimum Gasteiger partial charge on any atom is -0.484 e. The van der Waals surface area contributed by atoms with Gasteiger partial charge in [0.05, 0.1) is 6.54 Å². The molecule has 1 aromatic heterocycles. The van der Waals surface area contributed by atoms with Crippen molar-refractivity contribution in [3.8, 4) is 5.75 Å². The molecule has 1 saturated carbocycles. The fourth-order valence-electron chi connectivity index (χ4n) is 4.02. The smallest absolute Gasteiger partial charge is 0.273 e. The van der Waals surface area contributed by atoms with E-state index in [-0.39, 0.29) is 36.7 Å². The summed E-state index contributed by atoms with van der Waals surface area (Å²) in [5, 5.41) is 6.77. The summed E-state index contributed by atoms with van der Waals surface area (Å²) in [5.74, 6) is 0.726. The molecule has 33 heavy (non-hydrogen) atoms. The van der Waals surface area contributed by atoms with Gasteiger partial charge in [0, 0.05) is 18.7 Å². The fourth-order valence-corrected chi connectivity index (χ4v) is 4.02. The maximum Gasteiger partial charge on any atom is 0.273 e. The maximum absolute atomic E-state index is 13.0. The molecule has 1 heterocycles. The van der Waals surface area contributed by atoms with Crippen molar-refractivity contribution in [2.45, 2.75) is 51.7 Å². The molecular formula is C26H29N3O4. The molecule has 0 aliphatic heterocycles. The van der Waals surface area contributed by atoms with Crippen LogP contribution in [0, 0.1) is 6.92 Å². The second kappa shape index (κ2) is 10.8. The molecule has 0 unspecified atom stereocenters. The topological polar surface area (TPSA) is 84.7 Å². The Morgan fingerprint density at radius 1 is 1.09 bits per heavy atom. The fraction of sp³-hybridized carbons (Fsp3) is 0.346. The van der Waals surface area contributed by atoms with Gasteiger partial charge in [0.25, 0.3) is 11.8 Å². The molecule has 0 radical (unpaired) electrons. The van der Waals surface area contributed by atoms with E-state index < -0.39 is 0 Å². The number of rotatable bonds is 9. The van der Waals surface area contributed by atoms with Crippen molar-refractivity contribution in [2.75, 3.05) is 6.61 Å². The zero-order valence-corrected chi connectivity index (χ0v) is 18.8. The van der Waals surface area contributed by atoms with Gasteiger partial charge in [-0.15, -0.1) is 0 Å². The number of carbonyl (C=O) groups is 2. The van der Waals surface area contributed by atoms with Gasteiger partial charge in [-0.25, -0.2) is 0 Å². The number of nitrogens with one attached hydrogen (secondary N) is 1. The van der Waals surface area contributed by atoms with Crippen LogP contribution in [0.5, 0.6) is 5.75 Å². The quantitative estimate of drug-likeness (QED) is 0.530. The summed E-state index contributed by atoms with van der Waals surface area (Å²) in [6.07, 6.45) is 4.10. The Morgan fingerprint density at radius 3 is 2.55 bits per heavy atom. The van der Waals surface area contributed by atoms with Crippen LogP contribution in [-0.2, 0) is 17.9 Å². The maximum atomic E-state index is 13.0. The van der Waals surface area contributed by atoms with Crippen molar-refractivity contribution in [3.63, 3.8) is 0 Å². The van der Waals surface area contributed by atoms with Gasteiger partial charge >= 0.3 is 0 Å². The van der Waals surface area contributed by atoms with E-state index in [2.05, 4.69) is 10.5 Å². The van der Waals surface area contributed by atoms with E-state index >= 15 is 0 Å². The Balaban J connectivity index is 1.36. The summed E-state index contributed by atoms with van der Waals surface area (Å²) in [7, 11) is 0. The highest BCUT2D eigenvalue weighted by Crippen LogP contribution is 2.25. The monoisotopic (exact) mass is 447 g/mol. The van der Waals surface area contributed by atoms with Gasteiger partial charge in [0.15, 0.2) is 18.1 Å². The highest BCUT2D eigenvalue weighted by atomic mass is 16.5. The lowest BCUT2D eigenvalue weighted by molar-refractivity contribution is -0.136. The summed E-state index contributed by atoms with van der Waals surface area (Å²) in [5.41, 5.74) is 2.38. The van der Waals surface area contributed by atoms with Crippen LogP contribution in [0.4, 0.5) is 0 Å². The molecule has 7 heteroatoms. The van der Waals surface area contributed by atoms with Crippen LogP contribution >= 0.6 is 0 Å². The third kappa shape index (κ3) is 6.22. The Labute approximate surface area is 193 Å². The molecule has 4 rings (SSSR count). The van der Waals surface area contributed by atoms with Crippen LogP contribution < -0.4 is 10.1 Å². The summed E-state index contributed by atoms with van der Waals surface area (Å²) in [4.78, 5) is 27.3. The lowest BCUT2D eigenvalue weighted by Gasteiger charge is -2.28. The first-order valence-electron chi connectivity index (χ1n) is 11.3. The number of amides is 2. The van der Waals surface area contributed by atoms with E-state index in [1.54, 1.807) is 11.0 Å². The van der Waals surface area contributed by atoms with Crippen LogP contribution in [0.15, 0.2) is 65.2 Å². The number of ether oxygens (including phenoxy) is 1. The number of aryl methyl sites for hydroxylation is 1. The van der Waals surface area contributed by atoms with E-state index in [1.807, 2.05) is 61.5 Å². The summed E-state index contributed by atoms with van der Waals surface area (Å²) in [6.45, 7) is 2.65. The zero-order valence-electron chi connectivity index (χ0n) is 18.8. The lowest BCUT2D eigenvalue weighted by Crippen LogP contribution is -2.41. The minimum absolute atomic E-state index is 0.0431. The molecule has 2 aromatic carbocycles. The van der Waals surface area contributed by atoms with Gasteiger partial charge < -0.3 is 19.5 Å². The van der Waals surface area contributed by atoms with Crippen molar-refractivity contribution in [1.82, 2.24) is 15.4 Å². The van der Waals surface area contributed by atoms with E-state index in [9.17, 15) is 9.59 Å². The molecule has 1 N–H and O–H groups in total. The molecule has 1 aliphatic rings. The van der Waals surface area contributed by atoms with Crippen LogP contribution in [0.2, 0.25) is 0 Å². The number of hydrogen-bond donors (Lipinski definition) is 1. The van der Waals surface area contributed by atoms with E-state index in [4.69, 9.17) is 9.26 Å². The Bertz CT molecular complexity index is 1060. The number of para-hydroxylation sites is 1. The normalized spacial score (nSPS) is 13.6. The number of hydrogen-bond acceptors (Lipinski definition) is 5. The highest BCUT2D eigenvalue weighted by Gasteiger charge is 2.28. The Morgan fingerprint density at radius 2 is 1.82 bits per heavy atom. The van der Waals surface area contributed by atoms with Crippen molar-refractivity contribution in [3.05, 3.63) is 83.2 Å². The Kier molecular flexibility index (Phi) is 7.40. The standard InChI is InChI=1S/C26H29N3O4/c1-19-11-13-20(14-12-19)16-27-26(31)24-15-23(33-28-24)17-29(21-7-5-6-8-21)25(30)18-32-22-9-3-2-4-10-22/h2-4,9-15,21H,5-8,16-18H2,1H3,(H,27,31). The van der Waals surface area contributed by atoms with E-state index in [0.717, 1.165) is 31.2 Å². The van der Waals surface area contributed by atoms with Gasteiger partial charge in [-0.05, 0) is 37.5 Å². The molecule has 172 valence electrons. The number of carbonyl (C=O) groups excluding carboxylic acids is 2. The number of nitrogens with zero attached hydrogens (tertiary/aromatic N) is 2. The molecule has 1 aliphatic carbocycles. The molecular weight excluding hydrogens is 418 g/mol. The van der Waals surface area contributed by atoms with E-state index in [1.165, 1.54) is 5.56 Å². The molecule has 0 bridgehead atoms. The average molecular weight is 448 g/mol. The third-order valence-corrected chi connectivity index (χ3v) is 5.88. The summed E-state index contributed by atoms with van der Waals surface area (Å²) in [6, 6.07) is 19.0. The van der Waals surface area contributed by atoms with Crippen molar-refractivity contribution in [2.24, 2.45) is 0 Å². The van der Waals surface area contributed by atoms with E-state index in [0.29, 0.717) is 18.1 Å². The molecule has 7 nitrogen and oxygen atoms in total. The molecule has 2 amide bonds. The molecule has 0 saturated heterocycles. The first-order valence-corrected chi connectivity index (χ1v) is 11.3. The first-order chi connectivity index (χ1) is 16.1. The highest BCUT2D eigenvalue weighted by molar-refractivity contribution is 5.92. The lowest BCUT2D eigenvalue weighted by atomic mass is 10.1. The number of aromatic nitrogens is 1. The molecule has 0 atom stereocenters. The van der Waals surface area contributed by atoms with Crippen LogP contribution in [-0.4, -0.2) is 34.5 Å². The largest absolute Gasteiger partial charge is 0.484 e. The van der Waals surface area contributed by atoms with Crippen molar-refractivity contribution in [1.29, 1.82) is 0 Å². The predicted octanol–water partition coefficient (Wildman–Crippen LogP) is 4.26. The first kappa shape index (κ1) is 22.6. The van der Waals surface area contributed by atoms with Crippen LogP contribution in [0.25, 0.3) is 0 Å². The zero-order chi connectivity index (χ0) is 23.0. The predicted molar refractivity (Wildman–Crippen MR) is 124 cm³/mol. The van der Waals surface area contributed by atoms with Gasteiger partial charge in [-0.2, -0.15) is 0 Å². The third-order valence-electron chi connectivity index (χ3n) is 5.88. The minimum atomic E-state index is -0.309. The average Bonchev–Trinajstić information content (AvgIpc) is 3.53. The number of benzene rings is 2. The second-order valence-electron chi connectivity index (χ2n) is 8.41. The molecule has 3 aromatic rings. The van der Waals surface area contributed by atoms with Gasteiger partial charge in [-0.1, -0.05) is 66.0 Å². The summed E-state index contributed by atoms with van der Waals surface area (Å²) >= 11 is 0. The Hall–Kier alpha value is -3.61. The van der Waals surface area contributed by atoms with Crippen LogP contribution in [0.1, 0.15) is 53.1 Å².